The maximum Gasteiger partial charge on any atom is 0.429 e. The molecule has 15 heteroatoms. The molecule has 0 aliphatic carbocycles. The molecule has 0 bridgehead atoms. The van der Waals surface area contributed by atoms with Crippen molar-refractivity contribution in [3.8, 4) is 22.8 Å². The number of hydrogen-bond donors (Lipinski definition) is 3. The fourth-order valence-electron chi connectivity index (χ4n) is 5.85. The molecule has 1 unspecified atom stereocenters. The van der Waals surface area contributed by atoms with Crippen molar-refractivity contribution in [2.45, 2.75) is 44.5 Å². The number of nitrogens with one attached hydrogen (secondary N) is 1. The number of carbonyl (C=O) groups excluding carboxylic acids is 2. The van der Waals surface area contributed by atoms with E-state index in [0.29, 0.717) is 55.8 Å². The molecule has 1 aromatic heterocycles. The van der Waals surface area contributed by atoms with Crippen LogP contribution in [0.5, 0.6) is 11.6 Å². The van der Waals surface area contributed by atoms with Crippen LogP contribution in [0.15, 0.2) is 48.5 Å². The predicted octanol–water partition coefficient (Wildman–Crippen LogP) is 4.15. The molecule has 244 valence electrons. The zero-order chi connectivity index (χ0) is 33.2. The number of nitrogens with two attached hydrogens (primary N) is 1. The summed E-state index contributed by atoms with van der Waals surface area (Å²) in [5, 5.41) is 12.4. The topological polar surface area (TPSA) is 166 Å². The van der Waals surface area contributed by atoms with Gasteiger partial charge in [-0.05, 0) is 47.9 Å². The Morgan fingerprint density at radius 2 is 1.74 bits per heavy atom. The summed E-state index contributed by atoms with van der Waals surface area (Å²) in [6.07, 6.45) is -5.34. The van der Waals surface area contributed by atoms with Crippen LogP contribution in [-0.2, 0) is 14.3 Å². The summed E-state index contributed by atoms with van der Waals surface area (Å²) in [4.78, 5) is 45.0. The van der Waals surface area contributed by atoms with E-state index >= 15 is 0 Å². The first kappa shape index (κ1) is 32.5. The maximum absolute atomic E-state index is 14.3. The molecule has 2 saturated heterocycles. The molecule has 5 rings (SSSR count). The van der Waals surface area contributed by atoms with Crippen LogP contribution in [0.2, 0.25) is 0 Å². The number of aliphatic carboxylic acids is 1. The predicted molar refractivity (Wildman–Crippen MR) is 158 cm³/mol. The van der Waals surface area contributed by atoms with Crippen molar-refractivity contribution in [3.63, 3.8) is 0 Å². The number of carbonyl (C=O) groups is 3. The van der Waals surface area contributed by atoms with Gasteiger partial charge in [-0.15, -0.1) is 0 Å². The number of halogens is 3. The van der Waals surface area contributed by atoms with E-state index in [-0.39, 0.29) is 34.1 Å². The molecule has 46 heavy (non-hydrogen) atoms. The van der Waals surface area contributed by atoms with Crippen LogP contribution in [0, 0.1) is 5.41 Å². The quantitative estimate of drug-likeness (QED) is 0.237. The third-order valence-electron chi connectivity index (χ3n) is 8.24. The Balaban J connectivity index is 1.34. The molecule has 4 N–H and O–H groups in total. The third-order valence-corrected chi connectivity index (χ3v) is 8.24. The number of methoxy groups -OCH3 is 1. The Kier molecular flexibility index (Phi) is 9.06. The minimum Gasteiger partial charge on any atom is -0.480 e. The van der Waals surface area contributed by atoms with Crippen LogP contribution < -0.4 is 25.4 Å². The molecule has 1 spiro atoms. The number of rotatable bonds is 8. The summed E-state index contributed by atoms with van der Waals surface area (Å²) in [6.45, 7) is 2.76. The normalized spacial score (nSPS) is 18.2. The lowest BCUT2D eigenvalue weighted by atomic mass is 9.76. The van der Waals surface area contributed by atoms with Crippen molar-refractivity contribution in [3.05, 3.63) is 59.7 Å². The molecule has 12 nitrogen and oxygen atoms in total. The van der Waals surface area contributed by atoms with Crippen LogP contribution in [0.3, 0.4) is 0 Å². The number of anilines is 2. The van der Waals surface area contributed by atoms with E-state index < -0.39 is 36.2 Å². The molecule has 2 atom stereocenters. The summed E-state index contributed by atoms with van der Waals surface area (Å²) in [5.74, 6) is -2.62. The molecule has 2 aromatic carbocycles. The van der Waals surface area contributed by atoms with E-state index in [4.69, 9.17) is 19.9 Å². The molecule has 0 saturated carbocycles. The fraction of sp³-hybridized carbons (Fsp3) is 0.387. The van der Waals surface area contributed by atoms with Gasteiger partial charge in [-0.2, -0.15) is 23.1 Å². The van der Waals surface area contributed by atoms with Gasteiger partial charge in [-0.25, -0.2) is 4.79 Å². The minimum atomic E-state index is -4.82. The van der Waals surface area contributed by atoms with Crippen LogP contribution in [0.25, 0.3) is 11.1 Å². The van der Waals surface area contributed by atoms with Gasteiger partial charge in [-0.1, -0.05) is 30.3 Å². The number of carboxylic acid groups (broad SMARTS) is 1. The second-order valence-electron chi connectivity index (χ2n) is 11.3. The first-order valence-corrected chi connectivity index (χ1v) is 14.4. The van der Waals surface area contributed by atoms with Gasteiger partial charge in [0.1, 0.15) is 23.2 Å². The Morgan fingerprint density at radius 1 is 1.07 bits per heavy atom. The highest BCUT2D eigenvalue weighted by Crippen LogP contribution is 2.42. The number of benzene rings is 2. The van der Waals surface area contributed by atoms with E-state index in [2.05, 4.69) is 15.3 Å². The van der Waals surface area contributed by atoms with Crippen molar-refractivity contribution >= 4 is 29.7 Å². The Morgan fingerprint density at radius 3 is 2.33 bits per heavy atom. The summed E-state index contributed by atoms with van der Waals surface area (Å²) in [5.41, 5.74) is 6.47. The average Bonchev–Trinajstić information content (AvgIpc) is 3.42. The molecule has 0 amide bonds. The largest absolute Gasteiger partial charge is 0.480 e. The third kappa shape index (κ3) is 7.14. The van der Waals surface area contributed by atoms with Gasteiger partial charge < -0.3 is 35.3 Å². The Bertz CT molecular complexity index is 1630. The molecule has 2 fully saturated rings. The van der Waals surface area contributed by atoms with E-state index in [0.717, 1.165) is 0 Å². The molecule has 0 radical (unpaired) electrons. The number of hydrogen-bond acceptors (Lipinski definition) is 11. The molecule has 3 heterocycles. The molecule has 2 aliphatic rings. The number of ether oxygens (including phenoxy) is 3. The molecular weight excluding hydrogens is 611 g/mol. The summed E-state index contributed by atoms with van der Waals surface area (Å²) in [6, 6.07) is 10.5. The SMILES string of the molecule is COC(=O)c1ccc(-c2ccc([C@@H](Oc3cc(N4CCC5(CC4)CNC(C(=O)O)C5)nc(N)n3)C(F)(F)F)cc2)cc1OC(C)=O. The second kappa shape index (κ2) is 12.8. The van der Waals surface area contributed by atoms with Gasteiger partial charge in [0.2, 0.25) is 17.9 Å². The van der Waals surface area contributed by atoms with E-state index in [1.54, 1.807) is 6.07 Å². The van der Waals surface area contributed by atoms with Crippen LogP contribution in [0.1, 0.15) is 48.2 Å². The first-order valence-electron chi connectivity index (χ1n) is 14.4. The minimum absolute atomic E-state index is 0.0125. The van der Waals surface area contributed by atoms with Gasteiger partial charge in [-0.3, -0.25) is 9.59 Å². The lowest BCUT2D eigenvalue weighted by Crippen LogP contribution is -2.41. The van der Waals surface area contributed by atoms with E-state index in [1.807, 2.05) is 4.90 Å². The zero-order valence-corrected chi connectivity index (χ0v) is 25.0. The Labute approximate surface area is 261 Å². The highest BCUT2D eigenvalue weighted by atomic mass is 19.4. The van der Waals surface area contributed by atoms with Gasteiger partial charge in [0.15, 0.2) is 0 Å². The van der Waals surface area contributed by atoms with Gasteiger partial charge in [0, 0.05) is 38.2 Å². The number of nitrogens with zero attached hydrogens (tertiary/aromatic N) is 3. The second-order valence-corrected chi connectivity index (χ2v) is 11.3. The van der Waals surface area contributed by atoms with Crippen LogP contribution >= 0.6 is 0 Å². The van der Waals surface area contributed by atoms with Gasteiger partial charge >= 0.3 is 24.1 Å². The molecular formula is C31H32F3N5O7. The smallest absolute Gasteiger partial charge is 0.429 e. The summed E-state index contributed by atoms with van der Waals surface area (Å²) >= 11 is 0. The zero-order valence-electron chi connectivity index (χ0n) is 25.0. The van der Waals surface area contributed by atoms with Gasteiger partial charge in [0.25, 0.3) is 0 Å². The number of aromatic nitrogens is 2. The van der Waals surface area contributed by atoms with Crippen molar-refractivity contribution in [2.24, 2.45) is 5.41 Å². The van der Waals surface area contributed by atoms with Crippen LogP contribution in [0.4, 0.5) is 24.9 Å². The number of piperidine rings is 1. The lowest BCUT2D eigenvalue weighted by Gasteiger charge is -2.39. The van der Waals surface area contributed by atoms with Crippen LogP contribution in [-0.4, -0.2) is 71.9 Å². The van der Waals surface area contributed by atoms with E-state index in [1.165, 1.54) is 56.5 Å². The average molecular weight is 644 g/mol. The molecule has 2 aliphatic heterocycles. The number of nitrogen functional groups attached to an aromatic ring is 1. The summed E-state index contributed by atoms with van der Waals surface area (Å²) in [7, 11) is 1.18. The number of alkyl halides is 3. The Hall–Kier alpha value is -4.92. The number of carboxylic acids is 1. The first-order chi connectivity index (χ1) is 21.8. The summed E-state index contributed by atoms with van der Waals surface area (Å²) < 4.78 is 58.2. The van der Waals surface area contributed by atoms with Crippen molar-refractivity contribution in [2.75, 3.05) is 37.4 Å². The maximum atomic E-state index is 14.3. The highest BCUT2D eigenvalue weighted by Gasteiger charge is 2.45. The molecule has 3 aromatic rings. The highest BCUT2D eigenvalue weighted by molar-refractivity contribution is 5.94. The van der Waals surface area contributed by atoms with Gasteiger partial charge in [0.05, 0.1) is 7.11 Å². The lowest BCUT2D eigenvalue weighted by molar-refractivity contribution is -0.198. The fourth-order valence-corrected chi connectivity index (χ4v) is 5.85. The van der Waals surface area contributed by atoms with Crippen molar-refractivity contribution in [1.82, 2.24) is 15.3 Å². The van der Waals surface area contributed by atoms with Crippen molar-refractivity contribution in [1.29, 1.82) is 0 Å². The number of esters is 2. The monoisotopic (exact) mass is 643 g/mol. The van der Waals surface area contributed by atoms with E-state index in [9.17, 15) is 32.7 Å². The van der Waals surface area contributed by atoms with Crippen molar-refractivity contribution < 1.29 is 46.9 Å². The standard InChI is InChI=1S/C31H32F3N5O7/c1-17(40)45-23-13-20(7-8-21(23)28(43)44-2)18-3-5-19(6-4-18)26(31(32,33)34)46-25-14-24(37-29(35)38-25)39-11-9-30(10-12-39)15-22(27(41)42)36-16-30/h3-8,13-14,22,26,36H,9-12,15-16H2,1-2H3,(H,41,42)(H2,35,37,38)/t22?,26-/m1/s1.